The van der Waals surface area contributed by atoms with E-state index in [2.05, 4.69) is 39.0 Å². The summed E-state index contributed by atoms with van der Waals surface area (Å²) in [6, 6.07) is 6.51. The number of aromatic amines is 1. The van der Waals surface area contributed by atoms with Crippen LogP contribution < -0.4 is 10.6 Å². The van der Waals surface area contributed by atoms with Gasteiger partial charge in [0.15, 0.2) is 0 Å². The van der Waals surface area contributed by atoms with Crippen LogP contribution in [0.25, 0.3) is 0 Å². The molecule has 0 atom stereocenters. The number of fused-ring (bicyclic) bond motifs is 1. The van der Waals surface area contributed by atoms with Crippen LogP contribution in [0.2, 0.25) is 0 Å². The smallest absolute Gasteiger partial charge is 0.0825 e. The van der Waals surface area contributed by atoms with E-state index in [0.29, 0.717) is 0 Å². The number of H-pyrrole nitrogens is 1. The lowest BCUT2D eigenvalue weighted by Gasteiger charge is -2.11. The molecule has 0 fully saturated rings. The van der Waals surface area contributed by atoms with Crippen LogP contribution in [-0.2, 0) is 13.0 Å². The van der Waals surface area contributed by atoms with E-state index < -0.39 is 0 Å². The van der Waals surface area contributed by atoms with Gasteiger partial charge in [-0.3, -0.25) is 5.10 Å². The molecule has 3 N–H and O–H groups in total. The SMILES string of the molecule is Cc1n[nH]c(C)c1NCc1cccc2c1NCC2. The number of hydrogen-bond donors (Lipinski definition) is 3. The Morgan fingerprint density at radius 3 is 3.00 bits per heavy atom. The number of rotatable bonds is 3. The van der Waals surface area contributed by atoms with Gasteiger partial charge in [-0.25, -0.2) is 0 Å². The zero-order valence-corrected chi connectivity index (χ0v) is 10.8. The van der Waals surface area contributed by atoms with Crippen molar-refractivity contribution in [1.29, 1.82) is 0 Å². The zero-order valence-electron chi connectivity index (χ0n) is 10.8. The van der Waals surface area contributed by atoms with Crippen molar-refractivity contribution in [1.82, 2.24) is 10.2 Å². The normalized spacial score (nSPS) is 13.2. The van der Waals surface area contributed by atoms with Crippen LogP contribution in [0.1, 0.15) is 22.5 Å². The molecule has 0 unspecified atom stereocenters. The fraction of sp³-hybridized carbons (Fsp3) is 0.357. The topological polar surface area (TPSA) is 52.7 Å². The van der Waals surface area contributed by atoms with E-state index in [4.69, 9.17) is 0 Å². The molecule has 0 bridgehead atoms. The van der Waals surface area contributed by atoms with Crippen molar-refractivity contribution in [3.05, 3.63) is 40.7 Å². The van der Waals surface area contributed by atoms with Crippen LogP contribution in [0.15, 0.2) is 18.2 Å². The molecule has 0 spiro atoms. The first-order valence-corrected chi connectivity index (χ1v) is 6.36. The predicted octanol–water partition coefficient (Wildman–Crippen LogP) is 2.61. The molecule has 1 aromatic heterocycles. The Morgan fingerprint density at radius 2 is 2.22 bits per heavy atom. The third kappa shape index (κ3) is 1.83. The van der Waals surface area contributed by atoms with Crippen LogP contribution in [0, 0.1) is 13.8 Å². The van der Waals surface area contributed by atoms with Crippen LogP contribution in [0.3, 0.4) is 0 Å². The van der Waals surface area contributed by atoms with Gasteiger partial charge in [-0.1, -0.05) is 18.2 Å². The highest BCUT2D eigenvalue weighted by Crippen LogP contribution is 2.27. The highest BCUT2D eigenvalue weighted by molar-refractivity contribution is 5.62. The maximum Gasteiger partial charge on any atom is 0.0825 e. The number of benzene rings is 1. The summed E-state index contributed by atoms with van der Waals surface area (Å²) < 4.78 is 0. The molecule has 94 valence electrons. The van der Waals surface area contributed by atoms with Gasteiger partial charge in [0.05, 0.1) is 17.1 Å². The Kier molecular flexibility index (Phi) is 2.70. The number of hydrogen-bond acceptors (Lipinski definition) is 3. The molecule has 0 radical (unpaired) electrons. The lowest BCUT2D eigenvalue weighted by atomic mass is 10.1. The first kappa shape index (κ1) is 11.1. The Bertz CT molecular complexity index is 552. The molecule has 1 aliphatic rings. The minimum Gasteiger partial charge on any atom is -0.384 e. The van der Waals surface area contributed by atoms with Crippen molar-refractivity contribution in [3.8, 4) is 0 Å². The van der Waals surface area contributed by atoms with Crippen molar-refractivity contribution in [2.45, 2.75) is 26.8 Å². The highest BCUT2D eigenvalue weighted by Gasteiger charge is 2.14. The lowest BCUT2D eigenvalue weighted by Crippen LogP contribution is -2.04. The number of aryl methyl sites for hydroxylation is 2. The van der Waals surface area contributed by atoms with Crippen LogP contribution >= 0.6 is 0 Å². The Morgan fingerprint density at radius 1 is 1.33 bits per heavy atom. The summed E-state index contributed by atoms with van der Waals surface area (Å²) in [6.07, 6.45) is 1.13. The third-order valence-corrected chi connectivity index (χ3v) is 3.52. The van der Waals surface area contributed by atoms with Crippen molar-refractivity contribution in [2.75, 3.05) is 17.2 Å². The minimum absolute atomic E-state index is 0.831. The first-order chi connectivity index (χ1) is 8.75. The van der Waals surface area contributed by atoms with Crippen molar-refractivity contribution >= 4 is 11.4 Å². The van der Waals surface area contributed by atoms with E-state index in [1.165, 1.54) is 16.8 Å². The van der Waals surface area contributed by atoms with Crippen molar-refractivity contribution in [3.63, 3.8) is 0 Å². The molecular formula is C14H18N4. The molecule has 1 aliphatic heterocycles. The second-order valence-corrected chi connectivity index (χ2v) is 4.79. The third-order valence-electron chi connectivity index (χ3n) is 3.52. The summed E-state index contributed by atoms with van der Waals surface area (Å²) in [5.74, 6) is 0. The number of nitrogens with zero attached hydrogens (tertiary/aromatic N) is 1. The van der Waals surface area contributed by atoms with Gasteiger partial charge < -0.3 is 10.6 Å². The number of aromatic nitrogens is 2. The lowest BCUT2D eigenvalue weighted by molar-refractivity contribution is 1.02. The largest absolute Gasteiger partial charge is 0.384 e. The van der Waals surface area contributed by atoms with Gasteiger partial charge in [-0.05, 0) is 31.4 Å². The molecule has 0 saturated carbocycles. The number of anilines is 2. The van der Waals surface area contributed by atoms with E-state index in [9.17, 15) is 0 Å². The summed E-state index contributed by atoms with van der Waals surface area (Å²) >= 11 is 0. The molecule has 3 rings (SSSR count). The fourth-order valence-electron chi connectivity index (χ4n) is 2.55. The maximum atomic E-state index is 4.20. The van der Waals surface area contributed by atoms with Crippen LogP contribution in [0.4, 0.5) is 11.4 Å². The van der Waals surface area contributed by atoms with Gasteiger partial charge >= 0.3 is 0 Å². The molecule has 0 saturated heterocycles. The Balaban J connectivity index is 1.80. The molecule has 2 aromatic rings. The fourth-order valence-corrected chi connectivity index (χ4v) is 2.55. The summed E-state index contributed by atoms with van der Waals surface area (Å²) in [5, 5.41) is 14.1. The molecule has 0 aliphatic carbocycles. The minimum atomic E-state index is 0.831. The van der Waals surface area contributed by atoms with Gasteiger partial charge in [0.1, 0.15) is 0 Å². The molecule has 0 amide bonds. The molecule has 4 nitrogen and oxygen atoms in total. The first-order valence-electron chi connectivity index (χ1n) is 6.36. The Hall–Kier alpha value is -1.97. The summed E-state index contributed by atoms with van der Waals surface area (Å²) in [7, 11) is 0. The molecule has 2 heterocycles. The van der Waals surface area contributed by atoms with Crippen molar-refractivity contribution < 1.29 is 0 Å². The van der Waals surface area contributed by atoms with Gasteiger partial charge in [-0.2, -0.15) is 5.10 Å². The molecule has 18 heavy (non-hydrogen) atoms. The monoisotopic (exact) mass is 242 g/mol. The average molecular weight is 242 g/mol. The van der Waals surface area contributed by atoms with E-state index in [1.807, 2.05) is 13.8 Å². The van der Waals surface area contributed by atoms with Gasteiger partial charge in [0, 0.05) is 18.8 Å². The molecule has 4 heteroatoms. The predicted molar refractivity (Wildman–Crippen MR) is 74.0 cm³/mol. The van der Waals surface area contributed by atoms with Crippen molar-refractivity contribution in [2.24, 2.45) is 0 Å². The van der Waals surface area contributed by atoms with E-state index in [-0.39, 0.29) is 0 Å². The zero-order chi connectivity index (χ0) is 12.5. The quantitative estimate of drug-likeness (QED) is 0.775. The molecular weight excluding hydrogens is 224 g/mol. The van der Waals surface area contributed by atoms with Crippen LogP contribution in [-0.4, -0.2) is 16.7 Å². The Labute approximate surface area is 107 Å². The maximum absolute atomic E-state index is 4.20. The summed E-state index contributed by atoms with van der Waals surface area (Å²) in [5.41, 5.74) is 7.29. The van der Waals surface area contributed by atoms with Gasteiger partial charge in [0.25, 0.3) is 0 Å². The van der Waals surface area contributed by atoms with E-state index in [0.717, 1.165) is 36.6 Å². The van der Waals surface area contributed by atoms with Crippen LogP contribution in [0.5, 0.6) is 0 Å². The molecule has 1 aromatic carbocycles. The second kappa shape index (κ2) is 4.37. The van der Waals surface area contributed by atoms with E-state index >= 15 is 0 Å². The summed E-state index contributed by atoms with van der Waals surface area (Å²) in [6.45, 7) is 5.93. The standard InChI is InChI=1S/C14H18N4/c1-9-13(10(2)18-17-9)16-8-12-5-3-4-11-6-7-15-14(11)12/h3-5,15-16H,6-8H2,1-2H3,(H,17,18). The van der Waals surface area contributed by atoms with E-state index in [1.54, 1.807) is 0 Å². The second-order valence-electron chi connectivity index (χ2n) is 4.79. The van der Waals surface area contributed by atoms with Gasteiger partial charge in [-0.15, -0.1) is 0 Å². The van der Waals surface area contributed by atoms with Gasteiger partial charge in [0.2, 0.25) is 0 Å². The average Bonchev–Trinajstić information content (AvgIpc) is 2.95. The summed E-state index contributed by atoms with van der Waals surface area (Å²) in [4.78, 5) is 0. The number of nitrogens with one attached hydrogen (secondary N) is 3. The number of para-hydroxylation sites is 1. The highest BCUT2D eigenvalue weighted by atomic mass is 15.1.